The zero-order chi connectivity index (χ0) is 12.8. The molecule has 1 rings (SSSR count). The van der Waals surface area contributed by atoms with Crippen molar-refractivity contribution in [2.75, 3.05) is 7.11 Å². The van der Waals surface area contributed by atoms with E-state index in [-0.39, 0.29) is 0 Å². The Hall–Kier alpha value is -1.35. The van der Waals surface area contributed by atoms with Gasteiger partial charge in [0, 0.05) is 0 Å². The summed E-state index contributed by atoms with van der Waals surface area (Å²) in [5.74, 6) is -0.479. The Morgan fingerprint density at radius 3 is 1.94 bits per heavy atom. The summed E-state index contributed by atoms with van der Waals surface area (Å²) < 4.78 is 0. The molecule has 0 unspecified atom stereocenters. The summed E-state index contributed by atoms with van der Waals surface area (Å²) in [7, 11) is 1.29. The van der Waals surface area contributed by atoms with Crippen LogP contribution in [-0.2, 0) is 9.78 Å². The van der Waals surface area contributed by atoms with Gasteiger partial charge in [0.2, 0.25) is 0 Å². The highest BCUT2D eigenvalue weighted by molar-refractivity contribution is 5.88. The van der Waals surface area contributed by atoms with E-state index in [0.29, 0.717) is 5.56 Å². The number of carbonyl (C=O) groups excluding carboxylic acids is 1. The van der Waals surface area contributed by atoms with Gasteiger partial charge in [0.1, 0.15) is 0 Å². The molecule has 0 atom stereocenters. The van der Waals surface area contributed by atoms with Crippen LogP contribution in [0.4, 0.5) is 0 Å². The summed E-state index contributed by atoms with van der Waals surface area (Å²) in [5.41, 5.74) is 0.481. The Balaban J connectivity index is 0. The molecule has 0 aliphatic heterocycles. The van der Waals surface area contributed by atoms with Crippen molar-refractivity contribution in [3.05, 3.63) is 35.9 Å². The van der Waals surface area contributed by atoms with Crippen molar-refractivity contribution in [2.24, 2.45) is 0 Å². The Bertz CT molecular complexity index is 245. The van der Waals surface area contributed by atoms with E-state index in [2.05, 4.69) is 23.6 Å². The molecule has 0 spiro atoms. The molecule has 92 valence electrons. The van der Waals surface area contributed by atoms with Gasteiger partial charge in [-0.3, -0.25) is 4.89 Å². The molecule has 0 aliphatic carbocycles. The van der Waals surface area contributed by atoms with Gasteiger partial charge in [0.15, 0.2) is 0 Å². The molecule has 0 bridgehead atoms. The first kappa shape index (κ1) is 17.1. The van der Waals surface area contributed by atoms with Gasteiger partial charge in [0.25, 0.3) is 0 Å². The Morgan fingerprint density at radius 2 is 1.56 bits per heavy atom. The van der Waals surface area contributed by atoms with Crippen LogP contribution in [0, 0.1) is 0 Å². The number of benzene rings is 1. The molecule has 16 heavy (non-hydrogen) atoms. The van der Waals surface area contributed by atoms with E-state index in [1.807, 2.05) is 19.9 Å². The van der Waals surface area contributed by atoms with E-state index in [1.54, 1.807) is 24.3 Å². The first-order valence-electron chi connectivity index (χ1n) is 5.56. The second-order valence-corrected chi connectivity index (χ2v) is 2.61. The van der Waals surface area contributed by atoms with Gasteiger partial charge in [0.05, 0.1) is 12.7 Å². The second-order valence-electron chi connectivity index (χ2n) is 2.61. The maximum absolute atomic E-state index is 10.9. The number of hydrogen-bond donors (Lipinski definition) is 0. The van der Waals surface area contributed by atoms with Crippen LogP contribution < -0.4 is 0 Å². The third-order valence-electron chi connectivity index (χ3n) is 1.17. The molecule has 0 N–H and O–H groups in total. The molecular formula is C13H22O3. The zero-order valence-electron chi connectivity index (χ0n) is 10.8. The van der Waals surface area contributed by atoms with Gasteiger partial charge in [-0.25, -0.2) is 4.79 Å². The summed E-state index contributed by atoms with van der Waals surface area (Å²) in [6.45, 7) is 8.25. The van der Waals surface area contributed by atoms with Gasteiger partial charge >= 0.3 is 5.97 Å². The summed E-state index contributed by atoms with van der Waals surface area (Å²) in [4.78, 5) is 19.4. The summed E-state index contributed by atoms with van der Waals surface area (Å²) in [6, 6.07) is 8.64. The largest absolute Gasteiger partial charge is 0.373 e. The highest BCUT2D eigenvalue weighted by atomic mass is 17.2. The van der Waals surface area contributed by atoms with E-state index < -0.39 is 5.97 Å². The summed E-state index contributed by atoms with van der Waals surface area (Å²) in [5, 5.41) is 0. The van der Waals surface area contributed by atoms with Crippen molar-refractivity contribution in [3.8, 4) is 0 Å². The molecule has 0 fully saturated rings. The molecule has 3 heteroatoms. The third kappa shape index (κ3) is 9.21. The molecule has 1 aromatic rings. The van der Waals surface area contributed by atoms with E-state index in [1.165, 1.54) is 13.5 Å². The first-order chi connectivity index (χ1) is 7.76. The third-order valence-corrected chi connectivity index (χ3v) is 1.17. The monoisotopic (exact) mass is 226 g/mol. The minimum atomic E-state index is -0.479. The Labute approximate surface area is 98.3 Å². The molecular weight excluding hydrogens is 204 g/mol. The van der Waals surface area contributed by atoms with Gasteiger partial charge in [-0.05, 0) is 12.1 Å². The van der Waals surface area contributed by atoms with Gasteiger partial charge in [-0.2, -0.15) is 4.89 Å². The highest BCUT2D eigenvalue weighted by Gasteiger charge is 2.04. The average Bonchev–Trinajstić information content (AvgIpc) is 2.34. The maximum Gasteiger partial charge on any atom is 0.373 e. The van der Waals surface area contributed by atoms with Crippen molar-refractivity contribution in [3.63, 3.8) is 0 Å². The molecule has 0 radical (unpaired) electrons. The van der Waals surface area contributed by atoms with Crippen LogP contribution in [0.3, 0.4) is 0 Å². The fourth-order valence-corrected chi connectivity index (χ4v) is 0.698. The van der Waals surface area contributed by atoms with Crippen molar-refractivity contribution in [1.82, 2.24) is 0 Å². The molecule has 0 heterocycles. The standard InChI is InChI=1S/C8H8O3.C3H8.C2H6/c1-10-11-8(9)7-5-3-2-4-6-7;1-3-2;1-2/h2-6H,1H3;3H2,1-2H3;1-2H3. The van der Waals surface area contributed by atoms with Crippen LogP contribution in [0.5, 0.6) is 0 Å². The predicted octanol–water partition coefficient (Wildman–Crippen LogP) is 3.85. The average molecular weight is 226 g/mol. The van der Waals surface area contributed by atoms with Crippen LogP contribution in [0.15, 0.2) is 30.3 Å². The van der Waals surface area contributed by atoms with Crippen molar-refractivity contribution in [2.45, 2.75) is 34.1 Å². The predicted molar refractivity (Wildman–Crippen MR) is 66.2 cm³/mol. The van der Waals surface area contributed by atoms with E-state index in [4.69, 9.17) is 0 Å². The maximum atomic E-state index is 10.9. The number of hydrogen-bond acceptors (Lipinski definition) is 3. The number of rotatable bonds is 2. The lowest BCUT2D eigenvalue weighted by molar-refractivity contribution is -0.216. The van der Waals surface area contributed by atoms with Crippen LogP contribution in [0.2, 0.25) is 0 Å². The minimum absolute atomic E-state index is 0.479. The first-order valence-corrected chi connectivity index (χ1v) is 5.56. The summed E-state index contributed by atoms with van der Waals surface area (Å²) >= 11 is 0. The lowest BCUT2D eigenvalue weighted by Gasteiger charge is -1.97. The summed E-state index contributed by atoms with van der Waals surface area (Å²) in [6.07, 6.45) is 1.25. The fraction of sp³-hybridized carbons (Fsp3) is 0.462. The lowest BCUT2D eigenvalue weighted by atomic mass is 10.2. The topological polar surface area (TPSA) is 35.5 Å². The molecule has 0 amide bonds. The van der Waals surface area contributed by atoms with E-state index >= 15 is 0 Å². The minimum Gasteiger partial charge on any atom is -0.293 e. The fourth-order valence-electron chi connectivity index (χ4n) is 0.698. The Morgan fingerprint density at radius 1 is 1.12 bits per heavy atom. The van der Waals surface area contributed by atoms with Crippen LogP contribution in [-0.4, -0.2) is 13.1 Å². The number of carbonyl (C=O) groups is 1. The van der Waals surface area contributed by atoms with Crippen LogP contribution in [0.1, 0.15) is 44.5 Å². The SMILES string of the molecule is CC.CCC.COOC(=O)c1ccccc1. The van der Waals surface area contributed by atoms with Crippen LogP contribution in [0.25, 0.3) is 0 Å². The molecule has 3 nitrogen and oxygen atoms in total. The lowest BCUT2D eigenvalue weighted by Crippen LogP contribution is -2.02. The van der Waals surface area contributed by atoms with Crippen molar-refractivity contribution >= 4 is 5.97 Å². The molecule has 0 saturated carbocycles. The Kier molecular flexibility index (Phi) is 14.6. The molecule has 1 aromatic carbocycles. The van der Waals surface area contributed by atoms with Crippen molar-refractivity contribution < 1.29 is 14.6 Å². The molecule has 0 saturated heterocycles. The van der Waals surface area contributed by atoms with Gasteiger partial charge in [-0.15, -0.1) is 0 Å². The smallest absolute Gasteiger partial charge is 0.293 e. The quantitative estimate of drug-likeness (QED) is 0.567. The van der Waals surface area contributed by atoms with Crippen molar-refractivity contribution in [1.29, 1.82) is 0 Å². The molecule has 0 aromatic heterocycles. The highest BCUT2D eigenvalue weighted by Crippen LogP contribution is 2.00. The molecule has 0 aliphatic rings. The van der Waals surface area contributed by atoms with Gasteiger partial charge in [-0.1, -0.05) is 52.3 Å². The van der Waals surface area contributed by atoms with E-state index in [9.17, 15) is 4.79 Å². The normalized spacial score (nSPS) is 7.81. The van der Waals surface area contributed by atoms with Gasteiger partial charge < -0.3 is 0 Å². The van der Waals surface area contributed by atoms with Crippen LogP contribution >= 0.6 is 0 Å². The second kappa shape index (κ2) is 13.7. The zero-order valence-corrected chi connectivity index (χ0v) is 10.8. The van der Waals surface area contributed by atoms with E-state index in [0.717, 1.165) is 0 Å².